The van der Waals surface area contributed by atoms with Gasteiger partial charge in [0.05, 0.1) is 0 Å². The standard InChI is InChI=1S/C2H4.3Na.H3O4P/c1-2;;;;1-5(2,3)4/h1-2H2;;;;(H3,1,2,3,4)/q;3*+1;/p-3. The summed E-state index contributed by atoms with van der Waals surface area (Å²) in [6.07, 6.45) is 0. The van der Waals surface area contributed by atoms with Crippen molar-refractivity contribution in [3.63, 3.8) is 0 Å². The van der Waals surface area contributed by atoms with E-state index in [2.05, 4.69) is 13.2 Å². The molecule has 0 saturated carbocycles. The van der Waals surface area contributed by atoms with E-state index >= 15 is 0 Å². The van der Waals surface area contributed by atoms with Crippen molar-refractivity contribution in [2.24, 2.45) is 0 Å². The van der Waals surface area contributed by atoms with E-state index in [0.29, 0.717) is 0 Å². The summed E-state index contributed by atoms with van der Waals surface area (Å²) in [5, 5.41) is 0. The molecule has 0 aliphatic rings. The van der Waals surface area contributed by atoms with Gasteiger partial charge in [-0.15, -0.1) is 13.2 Å². The molecule has 4 nitrogen and oxygen atoms in total. The van der Waals surface area contributed by atoms with Gasteiger partial charge < -0.3 is 19.2 Å². The van der Waals surface area contributed by atoms with Crippen LogP contribution in [0.15, 0.2) is 13.2 Å². The van der Waals surface area contributed by atoms with Gasteiger partial charge in [-0.1, -0.05) is 0 Å². The van der Waals surface area contributed by atoms with Crippen molar-refractivity contribution in [3.8, 4) is 0 Å². The fourth-order valence-electron chi connectivity index (χ4n) is 0. The van der Waals surface area contributed by atoms with E-state index in [1.807, 2.05) is 0 Å². The molecule has 0 aromatic rings. The van der Waals surface area contributed by atoms with Gasteiger partial charge >= 0.3 is 88.7 Å². The van der Waals surface area contributed by atoms with Gasteiger partial charge in [-0.25, -0.2) is 0 Å². The molecule has 0 heterocycles. The Morgan fingerprint density at radius 1 is 0.900 bits per heavy atom. The fraction of sp³-hybridized carbons (Fsp3) is 0. The van der Waals surface area contributed by atoms with Crippen molar-refractivity contribution < 1.29 is 108 Å². The zero-order valence-corrected chi connectivity index (χ0v) is 13.4. The molecule has 0 rings (SSSR count). The molecule has 0 atom stereocenters. The van der Waals surface area contributed by atoms with Gasteiger partial charge in [0, 0.05) is 0 Å². The molecular weight excluding hydrogens is 188 g/mol. The summed E-state index contributed by atoms with van der Waals surface area (Å²) < 4.78 is 8.55. The summed E-state index contributed by atoms with van der Waals surface area (Å²) >= 11 is 0. The van der Waals surface area contributed by atoms with Crippen LogP contribution in [-0.2, 0) is 4.57 Å². The van der Waals surface area contributed by atoms with Gasteiger partial charge in [-0.3, -0.25) is 0 Å². The molecule has 0 fully saturated rings. The minimum Gasteiger partial charge on any atom is -0.822 e. The molecule has 10 heavy (non-hydrogen) atoms. The quantitative estimate of drug-likeness (QED) is 0.216. The van der Waals surface area contributed by atoms with Crippen LogP contribution < -0.4 is 103 Å². The monoisotopic (exact) mass is 192 g/mol. The van der Waals surface area contributed by atoms with Crippen molar-refractivity contribution in [2.75, 3.05) is 0 Å². The maximum Gasteiger partial charge on any atom is 1.00 e. The SMILES string of the molecule is C=C.O=P([O-])([O-])[O-].[Na+].[Na+].[Na+]. The van der Waals surface area contributed by atoms with Crippen LogP contribution in [-0.4, -0.2) is 0 Å². The summed E-state index contributed by atoms with van der Waals surface area (Å²) in [6, 6.07) is 0. The van der Waals surface area contributed by atoms with Crippen LogP contribution in [0, 0.1) is 0 Å². The Bertz CT molecular complexity index is 74.3. The maximum atomic E-state index is 8.55. The first-order chi connectivity index (χ1) is 3.00. The Morgan fingerprint density at radius 2 is 0.900 bits per heavy atom. The third-order valence-corrected chi connectivity index (χ3v) is 0. The normalized spacial score (nSPS) is 6.30. The van der Waals surface area contributed by atoms with Gasteiger partial charge in [0.25, 0.3) is 0 Å². The molecule has 0 bridgehead atoms. The smallest absolute Gasteiger partial charge is 0.822 e. The summed E-state index contributed by atoms with van der Waals surface area (Å²) in [4.78, 5) is 25.6. The molecule has 0 aliphatic heterocycles. The van der Waals surface area contributed by atoms with E-state index in [0.717, 1.165) is 0 Å². The second-order valence-corrected chi connectivity index (χ2v) is 1.34. The molecule has 0 unspecified atom stereocenters. The maximum absolute atomic E-state index is 8.55. The van der Waals surface area contributed by atoms with Gasteiger partial charge in [0.15, 0.2) is 0 Å². The molecule has 0 radical (unpaired) electrons. The zero-order valence-electron chi connectivity index (χ0n) is 6.49. The average Bonchev–Trinajstić information content (AvgIpc) is 1.36. The summed E-state index contributed by atoms with van der Waals surface area (Å²) in [7, 11) is -5.39. The predicted octanol–water partition coefficient (Wildman–Crippen LogP) is -11.0. The molecule has 0 aromatic carbocycles. The molecule has 8 heteroatoms. The number of phosphoric acid groups is 1. The number of hydrogen-bond acceptors (Lipinski definition) is 4. The van der Waals surface area contributed by atoms with Crippen LogP contribution in [0.4, 0.5) is 0 Å². The fourth-order valence-corrected chi connectivity index (χ4v) is 0. The minimum absolute atomic E-state index is 0. The predicted molar refractivity (Wildman–Crippen MR) is 18.9 cm³/mol. The molecule has 0 saturated heterocycles. The molecule has 0 aromatic heterocycles. The Hall–Kier alpha value is 2.85. The third kappa shape index (κ3) is 130. The van der Waals surface area contributed by atoms with Crippen LogP contribution >= 0.6 is 7.82 Å². The molecule has 0 spiro atoms. The average molecular weight is 192 g/mol. The largest absolute Gasteiger partial charge is 1.00 e. The van der Waals surface area contributed by atoms with Crippen LogP contribution in [0.5, 0.6) is 0 Å². The Kier molecular flexibility index (Phi) is 52.2. The van der Waals surface area contributed by atoms with E-state index in [9.17, 15) is 0 Å². The van der Waals surface area contributed by atoms with Crippen molar-refractivity contribution in [3.05, 3.63) is 13.2 Å². The zero-order chi connectivity index (χ0) is 6.50. The second kappa shape index (κ2) is 17.8. The van der Waals surface area contributed by atoms with E-state index in [-0.39, 0.29) is 88.7 Å². The van der Waals surface area contributed by atoms with Crippen LogP contribution in [0.25, 0.3) is 0 Å². The summed E-state index contributed by atoms with van der Waals surface area (Å²) in [6.45, 7) is 6.00. The molecule has 44 valence electrons. The van der Waals surface area contributed by atoms with Gasteiger partial charge in [0.2, 0.25) is 0 Å². The van der Waals surface area contributed by atoms with Crippen molar-refractivity contribution in [1.82, 2.24) is 0 Å². The Labute approximate surface area is 127 Å². The van der Waals surface area contributed by atoms with E-state index in [1.54, 1.807) is 0 Å². The van der Waals surface area contributed by atoms with Crippen LogP contribution in [0.2, 0.25) is 0 Å². The van der Waals surface area contributed by atoms with Crippen molar-refractivity contribution in [1.29, 1.82) is 0 Å². The van der Waals surface area contributed by atoms with E-state index in [4.69, 9.17) is 19.2 Å². The number of hydrogen-bond donors (Lipinski definition) is 0. The van der Waals surface area contributed by atoms with Crippen molar-refractivity contribution >= 4 is 7.82 Å². The van der Waals surface area contributed by atoms with E-state index in [1.165, 1.54) is 0 Å². The van der Waals surface area contributed by atoms with Crippen LogP contribution in [0.3, 0.4) is 0 Å². The van der Waals surface area contributed by atoms with Gasteiger partial charge in [0.1, 0.15) is 0 Å². The first kappa shape index (κ1) is 29.3. The Balaban J connectivity index is -0.0000000154. The minimum atomic E-state index is -5.39. The van der Waals surface area contributed by atoms with Crippen LogP contribution in [0.1, 0.15) is 0 Å². The molecule has 0 aliphatic carbocycles. The molecule has 0 N–H and O–H groups in total. The topological polar surface area (TPSA) is 86.2 Å². The Morgan fingerprint density at radius 3 is 0.900 bits per heavy atom. The van der Waals surface area contributed by atoms with Crippen molar-refractivity contribution in [2.45, 2.75) is 0 Å². The second-order valence-electron chi connectivity index (χ2n) is 0.447. The van der Waals surface area contributed by atoms with Gasteiger partial charge in [-0.05, 0) is 0 Å². The summed E-state index contributed by atoms with van der Waals surface area (Å²) in [5.41, 5.74) is 0. The summed E-state index contributed by atoms with van der Waals surface area (Å²) in [5.74, 6) is 0. The first-order valence-corrected chi connectivity index (χ1v) is 2.69. The number of rotatable bonds is 0. The molecule has 0 amide bonds. The van der Waals surface area contributed by atoms with E-state index < -0.39 is 7.82 Å². The third-order valence-electron chi connectivity index (χ3n) is 0. The first-order valence-electron chi connectivity index (χ1n) is 1.23. The van der Waals surface area contributed by atoms with Gasteiger partial charge in [-0.2, -0.15) is 7.82 Å². The molecular formula is C2H4Na3O4P.